The van der Waals surface area contributed by atoms with Crippen LogP contribution in [0.3, 0.4) is 0 Å². The van der Waals surface area contributed by atoms with E-state index in [9.17, 15) is 0 Å². The van der Waals surface area contributed by atoms with Gasteiger partial charge < -0.3 is 8.83 Å². The molecule has 4 rings (SSSR count). The summed E-state index contributed by atoms with van der Waals surface area (Å²) < 4.78 is 11.2. The van der Waals surface area contributed by atoms with Crippen LogP contribution in [0, 0.1) is 0 Å². The first kappa shape index (κ1) is 9.48. The van der Waals surface area contributed by atoms with E-state index in [1.807, 2.05) is 42.5 Å². The van der Waals surface area contributed by atoms with E-state index in [1.54, 1.807) is 12.5 Å². The highest BCUT2D eigenvalue weighted by atomic mass is 16.3. The fourth-order valence-electron chi connectivity index (χ4n) is 2.31. The van der Waals surface area contributed by atoms with Gasteiger partial charge in [0.1, 0.15) is 17.4 Å². The molecule has 0 aliphatic carbocycles. The van der Waals surface area contributed by atoms with Crippen molar-refractivity contribution in [1.82, 2.24) is 4.98 Å². The molecule has 0 saturated heterocycles. The third kappa shape index (κ3) is 1.21. The second-order valence-corrected chi connectivity index (χ2v) is 4.11. The predicted octanol–water partition coefficient (Wildman–Crippen LogP) is 4.24. The van der Waals surface area contributed by atoms with Gasteiger partial charge >= 0.3 is 0 Å². The van der Waals surface area contributed by atoms with Crippen LogP contribution in [0.15, 0.2) is 63.8 Å². The number of rotatable bonds is 1. The molecular weight excluding hydrogens is 226 g/mol. The maximum Gasteiger partial charge on any atom is 0.226 e. The monoisotopic (exact) mass is 235 g/mol. The fraction of sp³-hybridized carbons (Fsp3) is 0. The first-order valence-electron chi connectivity index (χ1n) is 5.73. The maximum atomic E-state index is 5.82. The molecule has 0 N–H and O–H groups in total. The van der Waals surface area contributed by atoms with E-state index in [0.29, 0.717) is 5.89 Å². The highest BCUT2D eigenvalue weighted by molar-refractivity contribution is 6.11. The largest absolute Gasteiger partial charge is 0.456 e. The smallest absolute Gasteiger partial charge is 0.226 e. The zero-order valence-electron chi connectivity index (χ0n) is 9.46. The molecule has 0 radical (unpaired) electrons. The summed E-state index contributed by atoms with van der Waals surface area (Å²) in [5, 5.41) is 2.14. The summed E-state index contributed by atoms with van der Waals surface area (Å²) in [6.07, 6.45) is 3.23. The maximum absolute atomic E-state index is 5.82. The Morgan fingerprint density at radius 1 is 0.889 bits per heavy atom. The Morgan fingerprint density at radius 2 is 1.78 bits per heavy atom. The average molecular weight is 235 g/mol. The highest BCUT2D eigenvalue weighted by Crippen LogP contribution is 2.35. The molecule has 0 spiro atoms. The summed E-state index contributed by atoms with van der Waals surface area (Å²) in [4.78, 5) is 4.21. The fourth-order valence-corrected chi connectivity index (χ4v) is 2.31. The highest BCUT2D eigenvalue weighted by Gasteiger charge is 2.13. The Balaban J connectivity index is 2.21. The van der Waals surface area contributed by atoms with Gasteiger partial charge in [0.05, 0.1) is 6.20 Å². The van der Waals surface area contributed by atoms with Gasteiger partial charge in [0.2, 0.25) is 5.89 Å². The van der Waals surface area contributed by atoms with Gasteiger partial charge in [0.15, 0.2) is 0 Å². The quantitative estimate of drug-likeness (QED) is 0.495. The van der Waals surface area contributed by atoms with Gasteiger partial charge in [0, 0.05) is 16.3 Å². The first-order valence-corrected chi connectivity index (χ1v) is 5.73. The standard InChI is InChI=1S/C15H9NO2/c1-2-6-12-10(4-1)14-11(15-16-8-9-17-15)5-3-7-13(14)18-12/h1-9H. The molecule has 0 amide bonds. The van der Waals surface area contributed by atoms with Gasteiger partial charge in [-0.2, -0.15) is 0 Å². The van der Waals surface area contributed by atoms with Crippen molar-refractivity contribution in [3.8, 4) is 11.5 Å². The lowest BCUT2D eigenvalue weighted by atomic mass is 10.1. The van der Waals surface area contributed by atoms with Gasteiger partial charge in [-0.25, -0.2) is 4.98 Å². The van der Waals surface area contributed by atoms with E-state index in [2.05, 4.69) is 4.98 Å². The third-order valence-electron chi connectivity index (χ3n) is 3.07. The van der Waals surface area contributed by atoms with Crippen molar-refractivity contribution in [3.63, 3.8) is 0 Å². The molecule has 2 aromatic heterocycles. The van der Waals surface area contributed by atoms with Crippen molar-refractivity contribution < 1.29 is 8.83 Å². The van der Waals surface area contributed by atoms with E-state index in [4.69, 9.17) is 8.83 Å². The molecule has 0 unspecified atom stereocenters. The van der Waals surface area contributed by atoms with Crippen LogP contribution in [0.5, 0.6) is 0 Å². The average Bonchev–Trinajstić information content (AvgIpc) is 3.05. The molecule has 3 nitrogen and oxygen atoms in total. The molecular formula is C15H9NO2. The number of benzene rings is 2. The summed E-state index contributed by atoms with van der Waals surface area (Å²) in [5.74, 6) is 0.618. The van der Waals surface area contributed by atoms with Gasteiger partial charge in [-0.05, 0) is 18.2 Å². The summed E-state index contributed by atoms with van der Waals surface area (Å²) >= 11 is 0. The lowest BCUT2D eigenvalue weighted by Crippen LogP contribution is -1.78. The summed E-state index contributed by atoms with van der Waals surface area (Å²) in [5.41, 5.74) is 2.70. The number of hydrogen-bond acceptors (Lipinski definition) is 3. The molecule has 0 atom stereocenters. The van der Waals surface area contributed by atoms with Crippen LogP contribution in [0.4, 0.5) is 0 Å². The topological polar surface area (TPSA) is 39.2 Å². The molecule has 86 valence electrons. The number of hydrogen-bond donors (Lipinski definition) is 0. The zero-order valence-corrected chi connectivity index (χ0v) is 9.46. The van der Waals surface area contributed by atoms with Crippen molar-refractivity contribution in [2.45, 2.75) is 0 Å². The Morgan fingerprint density at radius 3 is 2.67 bits per heavy atom. The van der Waals surface area contributed by atoms with Gasteiger partial charge in [-0.15, -0.1) is 0 Å². The Labute approximate surface area is 103 Å². The molecule has 0 aliphatic heterocycles. The number of furan rings is 1. The van der Waals surface area contributed by atoms with Crippen LogP contribution in [0.25, 0.3) is 33.4 Å². The minimum absolute atomic E-state index is 0.618. The molecule has 0 saturated carbocycles. The van der Waals surface area contributed by atoms with Crippen molar-refractivity contribution in [3.05, 3.63) is 54.9 Å². The van der Waals surface area contributed by atoms with Crippen LogP contribution >= 0.6 is 0 Å². The molecule has 0 bridgehead atoms. The van der Waals surface area contributed by atoms with Gasteiger partial charge in [-0.3, -0.25) is 0 Å². The van der Waals surface area contributed by atoms with Crippen LogP contribution < -0.4 is 0 Å². The first-order chi connectivity index (χ1) is 8.93. The molecule has 0 aliphatic rings. The number of fused-ring (bicyclic) bond motifs is 3. The predicted molar refractivity (Wildman–Crippen MR) is 69.2 cm³/mol. The van der Waals surface area contributed by atoms with E-state index in [0.717, 1.165) is 27.5 Å². The molecule has 4 aromatic rings. The van der Waals surface area contributed by atoms with E-state index >= 15 is 0 Å². The SMILES string of the molecule is c1ccc2c(c1)oc1cccc(-c3ncco3)c12. The summed E-state index contributed by atoms with van der Waals surface area (Å²) in [6.45, 7) is 0. The van der Waals surface area contributed by atoms with Crippen LogP contribution in [-0.2, 0) is 0 Å². The second kappa shape index (κ2) is 3.47. The molecule has 2 aromatic carbocycles. The van der Waals surface area contributed by atoms with Crippen LogP contribution in [0.1, 0.15) is 0 Å². The van der Waals surface area contributed by atoms with Gasteiger partial charge in [-0.1, -0.05) is 24.3 Å². The van der Waals surface area contributed by atoms with Crippen LogP contribution in [0.2, 0.25) is 0 Å². The van der Waals surface area contributed by atoms with Crippen molar-refractivity contribution in [1.29, 1.82) is 0 Å². The normalized spacial score (nSPS) is 11.3. The Bertz CT molecular complexity index is 828. The third-order valence-corrected chi connectivity index (χ3v) is 3.07. The number of nitrogens with zero attached hydrogens (tertiary/aromatic N) is 1. The zero-order chi connectivity index (χ0) is 11.9. The minimum Gasteiger partial charge on any atom is -0.456 e. The minimum atomic E-state index is 0.618. The number of aromatic nitrogens is 1. The number of oxazole rings is 1. The molecule has 0 fully saturated rings. The molecule has 3 heteroatoms. The van der Waals surface area contributed by atoms with E-state index < -0.39 is 0 Å². The lowest BCUT2D eigenvalue weighted by Gasteiger charge is -1.97. The van der Waals surface area contributed by atoms with E-state index in [1.165, 1.54) is 0 Å². The van der Waals surface area contributed by atoms with Crippen molar-refractivity contribution in [2.24, 2.45) is 0 Å². The molecule has 18 heavy (non-hydrogen) atoms. The molecule has 2 heterocycles. The van der Waals surface area contributed by atoms with Gasteiger partial charge in [0.25, 0.3) is 0 Å². The van der Waals surface area contributed by atoms with Crippen molar-refractivity contribution >= 4 is 21.9 Å². The Kier molecular flexibility index (Phi) is 1.83. The summed E-state index contributed by atoms with van der Waals surface area (Å²) in [6, 6.07) is 13.9. The Hall–Kier alpha value is -2.55. The number of para-hydroxylation sites is 1. The van der Waals surface area contributed by atoms with Crippen LogP contribution in [-0.4, -0.2) is 4.98 Å². The summed E-state index contributed by atoms with van der Waals surface area (Å²) in [7, 11) is 0. The van der Waals surface area contributed by atoms with Crippen molar-refractivity contribution in [2.75, 3.05) is 0 Å². The second-order valence-electron chi connectivity index (χ2n) is 4.11. The lowest BCUT2D eigenvalue weighted by molar-refractivity contribution is 0.575. The van der Waals surface area contributed by atoms with E-state index in [-0.39, 0.29) is 0 Å².